The Kier molecular flexibility index (Phi) is 8.42. The maximum Gasteiger partial charge on any atom is 0.166 e. The van der Waals surface area contributed by atoms with Crippen LogP contribution in [0.1, 0.15) is 0 Å². The van der Waals surface area contributed by atoms with Crippen LogP contribution in [0.3, 0.4) is 0 Å². The van der Waals surface area contributed by atoms with Crippen LogP contribution in [0.15, 0.2) is 223 Å². The zero-order valence-electron chi connectivity index (χ0n) is 33.5. The first-order chi connectivity index (χ1) is 30.7. The van der Waals surface area contributed by atoms with Gasteiger partial charge in [0, 0.05) is 38.2 Å². The van der Waals surface area contributed by atoms with E-state index in [9.17, 15) is 0 Å². The Morgan fingerprint density at radius 1 is 0.323 bits per heavy atom. The van der Waals surface area contributed by atoms with E-state index in [1.54, 1.807) is 0 Å². The molecule has 0 saturated heterocycles. The van der Waals surface area contributed by atoms with Gasteiger partial charge in [0.2, 0.25) is 0 Å². The fourth-order valence-electron chi connectivity index (χ4n) is 8.97. The summed E-state index contributed by atoms with van der Waals surface area (Å²) < 4.78 is 8.94. The molecule has 3 aromatic heterocycles. The summed E-state index contributed by atoms with van der Waals surface area (Å²) in [7, 11) is 0. The van der Waals surface area contributed by atoms with Crippen molar-refractivity contribution in [2.75, 3.05) is 0 Å². The second-order valence-corrected chi connectivity index (χ2v) is 15.5. The monoisotopic (exact) mass is 792 g/mol. The normalized spacial score (nSPS) is 11.5. The van der Waals surface area contributed by atoms with E-state index in [0.29, 0.717) is 17.5 Å². The molecule has 12 aromatic rings. The van der Waals surface area contributed by atoms with Crippen molar-refractivity contribution in [3.8, 4) is 73.2 Å². The van der Waals surface area contributed by atoms with Gasteiger partial charge in [0.15, 0.2) is 17.5 Å². The molecule has 0 aliphatic rings. The number of benzene rings is 9. The third kappa shape index (κ3) is 5.98. The molecule has 12 rings (SSSR count). The minimum Gasteiger partial charge on any atom is -0.455 e. The van der Waals surface area contributed by atoms with Gasteiger partial charge in [-0.05, 0) is 52.1 Å². The molecule has 0 atom stereocenters. The number of hydrogen-bond acceptors (Lipinski definition) is 4. The van der Waals surface area contributed by atoms with E-state index in [0.717, 1.165) is 99.5 Å². The lowest BCUT2D eigenvalue weighted by molar-refractivity contribution is 0.670. The Bertz CT molecular complexity index is 3610. The zero-order valence-corrected chi connectivity index (χ0v) is 33.5. The van der Waals surface area contributed by atoms with Gasteiger partial charge >= 0.3 is 0 Å². The quantitative estimate of drug-likeness (QED) is 0.161. The van der Waals surface area contributed by atoms with Crippen LogP contribution in [0.5, 0.6) is 0 Å². The molecule has 0 aliphatic heterocycles. The Morgan fingerprint density at radius 2 is 0.839 bits per heavy atom. The van der Waals surface area contributed by atoms with Crippen LogP contribution in [0, 0.1) is 0 Å². The molecule has 0 amide bonds. The molecule has 0 aliphatic carbocycles. The SMILES string of the molecule is c1ccc(-c2ccc(-c3nc(-c4ccccc4)nc(-c4c(-c5ccccc5)cccc4-n4c5ccccc5c5ccc(-c6cccc7c6oc6ccccc67)cc54)n3)cc2)cc1. The molecule has 3 heterocycles. The number of fused-ring (bicyclic) bond motifs is 6. The van der Waals surface area contributed by atoms with Crippen molar-refractivity contribution >= 4 is 43.7 Å². The van der Waals surface area contributed by atoms with Crippen LogP contribution in [-0.2, 0) is 0 Å². The minimum atomic E-state index is 0.588. The van der Waals surface area contributed by atoms with Crippen molar-refractivity contribution in [1.29, 1.82) is 0 Å². The third-order valence-electron chi connectivity index (χ3n) is 11.9. The van der Waals surface area contributed by atoms with Crippen LogP contribution in [-0.4, -0.2) is 19.5 Å². The van der Waals surface area contributed by atoms with Gasteiger partial charge in [0.25, 0.3) is 0 Å². The number of furan rings is 1. The van der Waals surface area contributed by atoms with E-state index < -0.39 is 0 Å². The molecule has 0 unspecified atom stereocenters. The molecule has 0 bridgehead atoms. The van der Waals surface area contributed by atoms with Crippen LogP contribution >= 0.6 is 0 Å². The largest absolute Gasteiger partial charge is 0.455 e. The highest BCUT2D eigenvalue weighted by Crippen LogP contribution is 2.43. The van der Waals surface area contributed by atoms with Gasteiger partial charge in [-0.2, -0.15) is 0 Å². The summed E-state index contributed by atoms with van der Waals surface area (Å²) in [5.74, 6) is 1.80. The molecule has 0 radical (unpaired) electrons. The van der Waals surface area contributed by atoms with E-state index in [1.807, 2.05) is 36.4 Å². The average molecular weight is 793 g/mol. The molecule has 9 aromatic carbocycles. The first-order valence-electron chi connectivity index (χ1n) is 20.9. The van der Waals surface area contributed by atoms with E-state index in [1.165, 1.54) is 0 Å². The lowest BCUT2D eigenvalue weighted by atomic mass is 9.96. The highest BCUT2D eigenvalue weighted by atomic mass is 16.3. The van der Waals surface area contributed by atoms with Crippen molar-refractivity contribution in [3.63, 3.8) is 0 Å². The van der Waals surface area contributed by atoms with Gasteiger partial charge < -0.3 is 8.98 Å². The molecule has 0 spiro atoms. The second-order valence-electron chi connectivity index (χ2n) is 15.5. The summed E-state index contributed by atoms with van der Waals surface area (Å²) in [6.07, 6.45) is 0. The maximum atomic E-state index is 6.56. The molecule has 0 N–H and O–H groups in total. The molecule has 0 saturated carbocycles. The molecule has 5 heteroatoms. The van der Waals surface area contributed by atoms with Crippen molar-refractivity contribution in [2.45, 2.75) is 0 Å². The van der Waals surface area contributed by atoms with E-state index >= 15 is 0 Å². The first-order valence-corrected chi connectivity index (χ1v) is 20.9. The van der Waals surface area contributed by atoms with Gasteiger partial charge in [-0.15, -0.1) is 0 Å². The van der Waals surface area contributed by atoms with Gasteiger partial charge in [-0.1, -0.05) is 194 Å². The second kappa shape index (κ2) is 14.7. The predicted octanol–water partition coefficient (Wildman–Crippen LogP) is 14.9. The Labute approximate surface area is 357 Å². The standard InChI is InChI=1S/C57H36N4O/c1-4-16-37(17-5-1)38-30-32-41(33-31-38)56-58-55(40-20-8-3-9-21-40)59-57(60-56)53-43(39-18-6-2-7-19-39)24-15-28-50(53)61-49-27-12-10-22-45(49)46-35-34-42(36-51(46)61)44-25-14-26-48-47-23-11-13-29-52(47)62-54(44)48/h1-36H. The molecular weight excluding hydrogens is 757 g/mol. The maximum absolute atomic E-state index is 6.56. The molecule has 290 valence electrons. The summed E-state index contributed by atoms with van der Waals surface area (Å²) in [5, 5.41) is 4.52. The molecule has 62 heavy (non-hydrogen) atoms. The van der Waals surface area contributed by atoms with Gasteiger partial charge in [-0.3, -0.25) is 0 Å². The smallest absolute Gasteiger partial charge is 0.166 e. The van der Waals surface area contributed by atoms with Gasteiger partial charge in [0.05, 0.1) is 22.3 Å². The summed E-state index contributed by atoms with van der Waals surface area (Å²) in [6.45, 7) is 0. The highest BCUT2D eigenvalue weighted by Gasteiger charge is 2.23. The van der Waals surface area contributed by atoms with Gasteiger partial charge in [0.1, 0.15) is 11.2 Å². The summed E-state index contributed by atoms with van der Waals surface area (Å²) >= 11 is 0. The summed E-state index contributed by atoms with van der Waals surface area (Å²) in [6, 6.07) is 76.2. The number of rotatable bonds is 7. The first kappa shape index (κ1) is 35.5. The van der Waals surface area contributed by atoms with Crippen LogP contribution in [0.25, 0.3) is 117 Å². The highest BCUT2D eigenvalue weighted by molar-refractivity contribution is 6.13. The Hall–Kier alpha value is -8.41. The molecular formula is C57H36N4O. The summed E-state index contributed by atoms with van der Waals surface area (Å²) in [5.41, 5.74) is 14.1. The van der Waals surface area contributed by atoms with E-state index in [4.69, 9.17) is 19.4 Å². The van der Waals surface area contributed by atoms with E-state index in [2.05, 4.69) is 187 Å². The van der Waals surface area contributed by atoms with Crippen LogP contribution < -0.4 is 0 Å². The van der Waals surface area contributed by atoms with Crippen molar-refractivity contribution in [1.82, 2.24) is 19.5 Å². The molecule has 0 fully saturated rings. The fourth-order valence-corrected chi connectivity index (χ4v) is 8.97. The number of aromatic nitrogens is 4. The Balaban J connectivity index is 1.13. The number of hydrogen-bond donors (Lipinski definition) is 0. The number of para-hydroxylation sites is 3. The third-order valence-corrected chi connectivity index (χ3v) is 11.9. The average Bonchev–Trinajstić information content (AvgIpc) is 3.90. The van der Waals surface area contributed by atoms with Crippen LogP contribution in [0.4, 0.5) is 0 Å². The van der Waals surface area contributed by atoms with Crippen molar-refractivity contribution < 1.29 is 4.42 Å². The fraction of sp³-hybridized carbons (Fsp3) is 0. The Morgan fingerprint density at radius 3 is 1.60 bits per heavy atom. The van der Waals surface area contributed by atoms with Crippen molar-refractivity contribution in [2.24, 2.45) is 0 Å². The summed E-state index contributed by atoms with van der Waals surface area (Å²) in [4.78, 5) is 15.9. The van der Waals surface area contributed by atoms with Crippen molar-refractivity contribution in [3.05, 3.63) is 218 Å². The zero-order chi connectivity index (χ0) is 41.0. The minimum absolute atomic E-state index is 0.588. The topological polar surface area (TPSA) is 56.7 Å². The lowest BCUT2D eigenvalue weighted by Crippen LogP contribution is -2.05. The number of nitrogens with zero attached hydrogens (tertiary/aromatic N) is 4. The lowest BCUT2D eigenvalue weighted by Gasteiger charge is -2.18. The van der Waals surface area contributed by atoms with Gasteiger partial charge in [-0.25, -0.2) is 15.0 Å². The van der Waals surface area contributed by atoms with E-state index in [-0.39, 0.29) is 0 Å². The predicted molar refractivity (Wildman–Crippen MR) is 254 cm³/mol. The van der Waals surface area contributed by atoms with Crippen LogP contribution in [0.2, 0.25) is 0 Å². The molecule has 5 nitrogen and oxygen atoms in total.